The van der Waals surface area contributed by atoms with E-state index in [1.54, 1.807) is 35.6 Å². The minimum absolute atomic E-state index is 0.111. The fourth-order valence-electron chi connectivity index (χ4n) is 4.64. The number of aromatic nitrogens is 6. The van der Waals surface area contributed by atoms with Gasteiger partial charge in [-0.25, -0.2) is 19.7 Å². The van der Waals surface area contributed by atoms with Crippen molar-refractivity contribution in [3.8, 4) is 23.1 Å². The number of rotatable bonds is 3. The molecule has 5 rings (SSSR count). The van der Waals surface area contributed by atoms with Crippen molar-refractivity contribution < 1.29 is 9.53 Å². The molecule has 0 unspecified atom stereocenters. The predicted octanol–water partition coefficient (Wildman–Crippen LogP) is 4.41. The summed E-state index contributed by atoms with van der Waals surface area (Å²) in [5, 5.41) is 10.2. The van der Waals surface area contributed by atoms with E-state index in [1.807, 2.05) is 45.4 Å². The average Bonchev–Trinajstić information content (AvgIpc) is 3.29. The highest BCUT2D eigenvalue weighted by Gasteiger charge is 2.35. The zero-order chi connectivity index (χ0) is 27.9. The number of carbonyl (C=O) groups excluding carboxylic acids is 1. The van der Waals surface area contributed by atoms with Crippen LogP contribution in [-0.2, 0) is 4.74 Å². The summed E-state index contributed by atoms with van der Waals surface area (Å²) in [4.78, 5) is 39.4. The molecule has 4 aromatic rings. The molecular weight excluding hydrogens is 494 g/mol. The first-order chi connectivity index (χ1) is 18.6. The molecule has 1 aliphatic rings. The number of hydrogen-bond donors (Lipinski definition) is 0. The van der Waals surface area contributed by atoms with Gasteiger partial charge in [-0.2, -0.15) is 5.26 Å². The van der Waals surface area contributed by atoms with Crippen molar-refractivity contribution in [3.05, 3.63) is 66.8 Å². The summed E-state index contributed by atoms with van der Waals surface area (Å²) in [7, 11) is 0. The number of amides is 1. The van der Waals surface area contributed by atoms with Gasteiger partial charge in [-0.05, 0) is 46.8 Å². The van der Waals surface area contributed by atoms with Gasteiger partial charge in [-0.1, -0.05) is 6.58 Å². The zero-order valence-corrected chi connectivity index (χ0v) is 22.6. The van der Waals surface area contributed by atoms with E-state index in [9.17, 15) is 10.1 Å². The second-order valence-electron chi connectivity index (χ2n) is 10.4. The topological polar surface area (TPSA) is 126 Å². The first kappa shape index (κ1) is 25.8. The molecule has 1 aliphatic heterocycles. The Morgan fingerprint density at radius 2 is 1.92 bits per heavy atom. The van der Waals surface area contributed by atoms with Crippen molar-refractivity contribution in [3.63, 3.8) is 0 Å². The fourth-order valence-corrected chi connectivity index (χ4v) is 4.64. The summed E-state index contributed by atoms with van der Waals surface area (Å²) in [6.45, 7) is 14.4. The lowest BCUT2D eigenvalue weighted by atomic mass is 10.1. The van der Waals surface area contributed by atoms with Crippen molar-refractivity contribution in [2.75, 3.05) is 18.0 Å². The van der Waals surface area contributed by atoms with E-state index >= 15 is 0 Å². The maximum absolute atomic E-state index is 12.9. The first-order valence-electron chi connectivity index (χ1n) is 12.5. The van der Waals surface area contributed by atoms with Gasteiger partial charge in [0, 0.05) is 48.6 Å². The monoisotopic (exact) mass is 523 g/mol. The highest BCUT2D eigenvalue weighted by Crippen LogP contribution is 2.38. The van der Waals surface area contributed by atoms with Crippen LogP contribution in [0, 0.1) is 18.3 Å². The van der Waals surface area contributed by atoms with Crippen molar-refractivity contribution in [1.29, 1.82) is 5.26 Å². The van der Waals surface area contributed by atoms with E-state index in [-0.39, 0.29) is 6.04 Å². The zero-order valence-electron chi connectivity index (χ0n) is 22.6. The third-order valence-corrected chi connectivity index (χ3v) is 6.42. The molecule has 1 saturated heterocycles. The molecule has 0 bridgehead atoms. The smallest absolute Gasteiger partial charge is 0.414 e. The lowest BCUT2D eigenvalue weighted by Crippen LogP contribution is -2.53. The molecule has 0 N–H and O–H groups in total. The van der Waals surface area contributed by atoms with Gasteiger partial charge in [0.05, 0.1) is 35.0 Å². The largest absolute Gasteiger partial charge is 0.443 e. The van der Waals surface area contributed by atoms with Gasteiger partial charge < -0.3 is 9.64 Å². The number of hydrogen-bond acceptors (Lipinski definition) is 9. The van der Waals surface area contributed by atoms with Gasteiger partial charge in [-0.15, -0.1) is 0 Å². The molecule has 39 heavy (non-hydrogen) atoms. The second kappa shape index (κ2) is 9.79. The maximum atomic E-state index is 12.9. The molecule has 11 nitrogen and oxygen atoms in total. The molecule has 0 aliphatic carbocycles. The number of aryl methyl sites for hydroxylation is 1. The van der Waals surface area contributed by atoms with Crippen molar-refractivity contribution >= 4 is 22.9 Å². The molecule has 0 spiro atoms. The molecule has 0 radical (unpaired) electrons. The number of pyridine rings is 1. The van der Waals surface area contributed by atoms with Crippen molar-refractivity contribution in [2.24, 2.45) is 0 Å². The summed E-state index contributed by atoms with van der Waals surface area (Å²) >= 11 is 0. The Hall–Kier alpha value is -4.85. The molecule has 11 heteroatoms. The van der Waals surface area contributed by atoms with Crippen LogP contribution < -0.4 is 4.90 Å². The molecule has 1 amide bonds. The minimum Gasteiger partial charge on any atom is -0.443 e. The summed E-state index contributed by atoms with van der Waals surface area (Å²) in [5.74, 6) is 1.22. The van der Waals surface area contributed by atoms with E-state index in [0.717, 1.165) is 16.6 Å². The van der Waals surface area contributed by atoms with Gasteiger partial charge in [0.25, 0.3) is 0 Å². The van der Waals surface area contributed by atoms with Crippen LogP contribution >= 0.6 is 0 Å². The van der Waals surface area contributed by atoms with Crippen LogP contribution in [0.4, 0.5) is 10.6 Å². The van der Waals surface area contributed by atoms with Crippen LogP contribution in [0.5, 0.6) is 0 Å². The number of piperazine rings is 1. The Kier molecular flexibility index (Phi) is 6.48. The number of ether oxygens (including phenoxy) is 1. The molecule has 1 fully saturated rings. The lowest BCUT2D eigenvalue weighted by Gasteiger charge is -2.42. The van der Waals surface area contributed by atoms with Crippen LogP contribution in [0.25, 0.3) is 28.1 Å². The summed E-state index contributed by atoms with van der Waals surface area (Å²) in [6, 6.07) is 5.41. The van der Waals surface area contributed by atoms with Gasteiger partial charge in [-0.3, -0.25) is 19.4 Å². The van der Waals surface area contributed by atoms with Crippen LogP contribution in [0.3, 0.4) is 0 Å². The minimum atomic E-state index is -0.611. The molecule has 1 atom stereocenters. The van der Waals surface area contributed by atoms with E-state index in [1.165, 1.54) is 6.33 Å². The van der Waals surface area contributed by atoms with Gasteiger partial charge in [0.2, 0.25) is 0 Å². The fraction of sp³-hybridized carbons (Fsp3) is 0.321. The standard InChI is InChI=1S/C28H29N9O2/c1-17-14-36(27(38)39-28(4,5)6)18(2)13-35(17)25-23-21(24-19(3)30-9-10-32-24)15-37(26(23)34-16-33-25)22-11-20(12-29)7-8-31-22/h7-11,15-17H,2,13-14H2,1,3-6H3/t17-/m0/s1. The quantitative estimate of drug-likeness (QED) is 0.384. The van der Waals surface area contributed by atoms with E-state index in [4.69, 9.17) is 9.72 Å². The Morgan fingerprint density at radius 1 is 1.15 bits per heavy atom. The summed E-state index contributed by atoms with van der Waals surface area (Å²) in [6.07, 6.45) is 7.88. The van der Waals surface area contributed by atoms with Gasteiger partial charge >= 0.3 is 6.09 Å². The normalized spacial score (nSPS) is 15.9. The highest BCUT2D eigenvalue weighted by atomic mass is 16.6. The van der Waals surface area contributed by atoms with E-state index in [2.05, 4.69) is 37.5 Å². The van der Waals surface area contributed by atoms with Gasteiger partial charge in [0.1, 0.15) is 23.6 Å². The van der Waals surface area contributed by atoms with Crippen LogP contribution in [0.2, 0.25) is 0 Å². The molecule has 0 aromatic carbocycles. The summed E-state index contributed by atoms with van der Waals surface area (Å²) in [5.41, 5.74) is 3.30. The Bertz CT molecular complexity index is 1630. The first-order valence-corrected chi connectivity index (χ1v) is 12.5. The van der Waals surface area contributed by atoms with Crippen LogP contribution in [0.1, 0.15) is 39.0 Å². The van der Waals surface area contributed by atoms with E-state index < -0.39 is 11.7 Å². The average molecular weight is 524 g/mol. The Labute approximate surface area is 226 Å². The number of carbonyl (C=O) groups is 1. The van der Waals surface area contributed by atoms with E-state index in [0.29, 0.717) is 47.3 Å². The third-order valence-electron chi connectivity index (χ3n) is 6.42. The Morgan fingerprint density at radius 3 is 2.64 bits per heavy atom. The SMILES string of the molecule is C=C1CN(c2ncnc3c2c(-c2nccnc2C)cn3-c2cc(C#N)ccn2)[C@@H](C)CN1C(=O)OC(C)(C)C. The molecule has 0 saturated carbocycles. The van der Waals surface area contributed by atoms with Crippen LogP contribution in [0.15, 0.2) is 55.5 Å². The van der Waals surface area contributed by atoms with Gasteiger partial charge in [0.15, 0.2) is 5.65 Å². The number of nitrogens with zero attached hydrogens (tertiary/aromatic N) is 9. The van der Waals surface area contributed by atoms with Crippen molar-refractivity contribution in [2.45, 2.75) is 46.3 Å². The highest BCUT2D eigenvalue weighted by molar-refractivity contribution is 6.02. The maximum Gasteiger partial charge on any atom is 0.414 e. The predicted molar refractivity (Wildman–Crippen MR) is 146 cm³/mol. The Balaban J connectivity index is 1.65. The number of fused-ring (bicyclic) bond motifs is 1. The molecule has 4 aromatic heterocycles. The molecular formula is C28H29N9O2. The third kappa shape index (κ3) is 4.88. The molecule has 5 heterocycles. The van der Waals surface area contributed by atoms with Crippen molar-refractivity contribution in [1.82, 2.24) is 34.4 Å². The number of anilines is 1. The molecule has 198 valence electrons. The lowest BCUT2D eigenvalue weighted by molar-refractivity contribution is 0.0287. The second-order valence-corrected chi connectivity index (χ2v) is 10.4. The number of nitriles is 1. The van der Waals surface area contributed by atoms with Crippen LogP contribution in [-0.4, -0.2) is 65.2 Å². The summed E-state index contributed by atoms with van der Waals surface area (Å²) < 4.78 is 7.44.